The Labute approximate surface area is 155 Å². The maximum absolute atomic E-state index is 12.6. The molecule has 0 amide bonds. The minimum absolute atomic E-state index is 0.135. The highest BCUT2D eigenvalue weighted by atomic mass is 19.4. The van der Waals surface area contributed by atoms with Crippen LogP contribution in [-0.4, -0.2) is 21.0 Å². The zero-order valence-electron chi connectivity index (χ0n) is 13.8. The maximum atomic E-state index is 12.6. The standard InChI is InChI=1S/C19H9F3N2O4/c20-19(21,22)13-8-5-11(6-9-13)4-7-12-10-15(18(25)26)23-17-14(12)2-1-3-16(17)24(27)28/h1-3,5-6,8-10H,(H,25,26). The van der Waals surface area contributed by atoms with E-state index >= 15 is 0 Å². The number of carboxylic acid groups (broad SMARTS) is 1. The van der Waals surface area contributed by atoms with Gasteiger partial charge in [-0.25, -0.2) is 9.78 Å². The number of aromatic carboxylic acids is 1. The van der Waals surface area contributed by atoms with E-state index in [1.54, 1.807) is 0 Å². The molecule has 0 bridgehead atoms. The van der Waals surface area contributed by atoms with Crippen molar-refractivity contribution in [3.8, 4) is 11.8 Å². The first kappa shape index (κ1) is 18.8. The van der Waals surface area contributed by atoms with Gasteiger partial charge >= 0.3 is 12.1 Å². The predicted molar refractivity (Wildman–Crippen MR) is 92.8 cm³/mol. The molecule has 0 aliphatic heterocycles. The number of rotatable bonds is 2. The quantitative estimate of drug-likeness (QED) is 0.404. The minimum atomic E-state index is -4.47. The van der Waals surface area contributed by atoms with Crippen LogP contribution in [0.2, 0.25) is 0 Å². The molecule has 1 heterocycles. The molecular formula is C19H9F3N2O4. The Hall–Kier alpha value is -3.93. The molecule has 0 aliphatic rings. The molecule has 0 fully saturated rings. The molecule has 0 saturated heterocycles. The monoisotopic (exact) mass is 386 g/mol. The molecule has 9 heteroatoms. The minimum Gasteiger partial charge on any atom is -0.477 e. The average molecular weight is 386 g/mol. The van der Waals surface area contributed by atoms with Crippen LogP contribution >= 0.6 is 0 Å². The highest BCUT2D eigenvalue weighted by Crippen LogP contribution is 2.29. The molecule has 6 nitrogen and oxygen atoms in total. The highest BCUT2D eigenvalue weighted by molar-refractivity contribution is 5.96. The number of hydrogen-bond donors (Lipinski definition) is 1. The van der Waals surface area contributed by atoms with Crippen molar-refractivity contribution in [2.24, 2.45) is 0 Å². The fourth-order valence-corrected chi connectivity index (χ4v) is 2.48. The zero-order chi connectivity index (χ0) is 20.5. The molecule has 2 aromatic carbocycles. The van der Waals surface area contributed by atoms with Gasteiger partial charge in [0.15, 0.2) is 0 Å². The molecule has 0 atom stereocenters. The summed E-state index contributed by atoms with van der Waals surface area (Å²) in [4.78, 5) is 25.6. The Kier molecular flexibility index (Phi) is 4.71. The molecule has 0 spiro atoms. The number of hydrogen-bond acceptors (Lipinski definition) is 4. The highest BCUT2D eigenvalue weighted by Gasteiger charge is 2.29. The largest absolute Gasteiger partial charge is 0.477 e. The number of alkyl halides is 3. The fraction of sp³-hybridized carbons (Fsp3) is 0.0526. The summed E-state index contributed by atoms with van der Waals surface area (Å²) in [5.41, 5.74) is -1.34. The first-order valence-electron chi connectivity index (χ1n) is 7.67. The molecule has 0 saturated carbocycles. The van der Waals surface area contributed by atoms with Gasteiger partial charge in [0.1, 0.15) is 11.2 Å². The molecule has 28 heavy (non-hydrogen) atoms. The van der Waals surface area contributed by atoms with Gasteiger partial charge < -0.3 is 5.11 Å². The Morgan fingerprint density at radius 2 is 1.79 bits per heavy atom. The van der Waals surface area contributed by atoms with Gasteiger partial charge in [-0.1, -0.05) is 24.0 Å². The lowest BCUT2D eigenvalue weighted by atomic mass is 10.1. The summed E-state index contributed by atoms with van der Waals surface area (Å²) in [6.07, 6.45) is -4.47. The summed E-state index contributed by atoms with van der Waals surface area (Å²) in [6.45, 7) is 0. The summed E-state index contributed by atoms with van der Waals surface area (Å²) in [5, 5.41) is 20.7. The molecule has 1 aromatic heterocycles. The summed E-state index contributed by atoms with van der Waals surface area (Å²) in [7, 11) is 0. The van der Waals surface area contributed by atoms with Crippen LogP contribution in [-0.2, 0) is 6.18 Å². The van der Waals surface area contributed by atoms with Crippen LogP contribution in [0.3, 0.4) is 0 Å². The van der Waals surface area contributed by atoms with Crippen molar-refractivity contribution in [3.05, 3.63) is 81.0 Å². The van der Waals surface area contributed by atoms with E-state index in [9.17, 15) is 33.2 Å². The van der Waals surface area contributed by atoms with Crippen LogP contribution in [0.25, 0.3) is 10.9 Å². The number of para-hydroxylation sites is 1. The topological polar surface area (TPSA) is 93.3 Å². The summed E-state index contributed by atoms with van der Waals surface area (Å²) >= 11 is 0. The molecule has 3 rings (SSSR count). The number of halogens is 3. The zero-order valence-corrected chi connectivity index (χ0v) is 13.8. The van der Waals surface area contributed by atoms with Gasteiger partial charge in [0.2, 0.25) is 0 Å². The normalized spacial score (nSPS) is 11.0. The van der Waals surface area contributed by atoms with Gasteiger partial charge in [-0.15, -0.1) is 0 Å². The molecule has 0 radical (unpaired) electrons. The van der Waals surface area contributed by atoms with Gasteiger partial charge in [-0.2, -0.15) is 13.2 Å². The lowest BCUT2D eigenvalue weighted by Crippen LogP contribution is -2.04. The second kappa shape index (κ2) is 7.00. The van der Waals surface area contributed by atoms with Crippen molar-refractivity contribution in [1.29, 1.82) is 0 Å². The van der Waals surface area contributed by atoms with E-state index in [-0.39, 0.29) is 27.7 Å². The van der Waals surface area contributed by atoms with Crippen molar-refractivity contribution in [2.75, 3.05) is 0 Å². The van der Waals surface area contributed by atoms with Crippen LogP contribution in [0.5, 0.6) is 0 Å². The Morgan fingerprint density at radius 1 is 1.11 bits per heavy atom. The van der Waals surface area contributed by atoms with Gasteiger partial charge in [0.25, 0.3) is 5.69 Å². The van der Waals surface area contributed by atoms with Crippen molar-refractivity contribution in [3.63, 3.8) is 0 Å². The van der Waals surface area contributed by atoms with Crippen LogP contribution in [0.15, 0.2) is 48.5 Å². The van der Waals surface area contributed by atoms with Crippen molar-refractivity contribution in [1.82, 2.24) is 4.98 Å². The van der Waals surface area contributed by atoms with E-state index in [4.69, 9.17) is 0 Å². The summed E-state index contributed by atoms with van der Waals surface area (Å²) < 4.78 is 37.8. The van der Waals surface area contributed by atoms with Crippen LogP contribution in [0.4, 0.5) is 18.9 Å². The Bertz CT molecular complexity index is 1160. The third-order valence-corrected chi connectivity index (χ3v) is 3.79. The number of non-ortho nitro benzene ring substituents is 1. The van der Waals surface area contributed by atoms with Crippen LogP contribution in [0.1, 0.15) is 27.2 Å². The SMILES string of the molecule is O=C(O)c1cc(C#Cc2ccc(C(F)(F)F)cc2)c2cccc([N+](=O)[O-])c2n1. The first-order chi connectivity index (χ1) is 13.2. The lowest BCUT2D eigenvalue weighted by molar-refractivity contribution is -0.383. The van der Waals surface area contributed by atoms with Crippen LogP contribution < -0.4 is 0 Å². The molecule has 0 unspecified atom stereocenters. The van der Waals surface area contributed by atoms with E-state index in [0.717, 1.165) is 18.2 Å². The van der Waals surface area contributed by atoms with Crippen molar-refractivity contribution >= 4 is 22.6 Å². The van der Waals surface area contributed by atoms with Crippen molar-refractivity contribution in [2.45, 2.75) is 6.18 Å². The molecule has 3 aromatic rings. The second-order valence-electron chi connectivity index (χ2n) is 5.62. The lowest BCUT2D eigenvalue weighted by Gasteiger charge is -2.05. The summed E-state index contributed by atoms with van der Waals surface area (Å²) in [6, 6.07) is 9.37. The van der Waals surface area contributed by atoms with E-state index < -0.39 is 28.3 Å². The van der Waals surface area contributed by atoms with Gasteiger partial charge in [0.05, 0.1) is 10.5 Å². The molecule has 1 N–H and O–H groups in total. The smallest absolute Gasteiger partial charge is 0.416 e. The van der Waals surface area contributed by atoms with E-state index in [0.29, 0.717) is 0 Å². The Morgan fingerprint density at radius 3 is 2.36 bits per heavy atom. The number of benzene rings is 2. The number of pyridine rings is 1. The third-order valence-electron chi connectivity index (χ3n) is 3.79. The van der Waals surface area contributed by atoms with Crippen molar-refractivity contribution < 1.29 is 28.0 Å². The first-order valence-corrected chi connectivity index (χ1v) is 7.67. The predicted octanol–water partition coefficient (Wildman–Crippen LogP) is 4.26. The number of carbonyl (C=O) groups is 1. The average Bonchev–Trinajstić information content (AvgIpc) is 2.64. The third kappa shape index (κ3) is 3.76. The van der Waals surface area contributed by atoms with Gasteiger partial charge in [-0.3, -0.25) is 10.1 Å². The van der Waals surface area contributed by atoms with Gasteiger partial charge in [-0.05, 0) is 30.3 Å². The van der Waals surface area contributed by atoms with E-state index in [2.05, 4.69) is 16.8 Å². The molecule has 0 aliphatic carbocycles. The number of fused-ring (bicyclic) bond motifs is 1. The number of aromatic nitrogens is 1. The molecule has 140 valence electrons. The van der Waals surface area contributed by atoms with E-state index in [1.165, 1.54) is 30.3 Å². The summed E-state index contributed by atoms with van der Waals surface area (Å²) in [5.74, 6) is 3.91. The number of nitro groups is 1. The number of carboxylic acids is 1. The van der Waals surface area contributed by atoms with E-state index in [1.807, 2.05) is 0 Å². The number of nitrogens with zero attached hydrogens (tertiary/aromatic N) is 2. The fourth-order valence-electron chi connectivity index (χ4n) is 2.48. The van der Waals surface area contributed by atoms with Gasteiger partial charge in [0, 0.05) is 22.6 Å². The molecular weight excluding hydrogens is 377 g/mol. The maximum Gasteiger partial charge on any atom is 0.416 e. The Balaban J connectivity index is 2.14. The second-order valence-corrected chi connectivity index (χ2v) is 5.62. The van der Waals surface area contributed by atoms with Crippen LogP contribution in [0, 0.1) is 22.0 Å². The number of nitro benzene ring substituents is 1.